The zero-order chi connectivity index (χ0) is 21.3. The second-order valence-corrected chi connectivity index (χ2v) is 6.77. The van der Waals surface area contributed by atoms with Crippen molar-refractivity contribution in [2.24, 2.45) is 4.99 Å². The summed E-state index contributed by atoms with van der Waals surface area (Å²) in [6.07, 6.45) is -7.76. The molecule has 0 aromatic carbocycles. The molecule has 4 N–H and O–H groups in total. The van der Waals surface area contributed by atoms with Crippen LogP contribution in [0, 0.1) is 0 Å². The third-order valence-corrected chi connectivity index (χ3v) is 4.54. The summed E-state index contributed by atoms with van der Waals surface area (Å²) in [5.74, 6) is -1.67. The van der Waals surface area contributed by atoms with Crippen LogP contribution in [0.5, 0.6) is 0 Å². The third-order valence-electron chi connectivity index (χ3n) is 4.54. The van der Waals surface area contributed by atoms with E-state index in [4.69, 9.17) is 0 Å². The number of guanidine groups is 1. The van der Waals surface area contributed by atoms with E-state index in [9.17, 15) is 35.8 Å². The molecule has 0 saturated carbocycles. The van der Waals surface area contributed by atoms with Gasteiger partial charge in [0.15, 0.2) is 17.4 Å². The van der Waals surface area contributed by atoms with Gasteiger partial charge < -0.3 is 15.7 Å². The Kier molecular flexibility index (Phi) is 6.34. The van der Waals surface area contributed by atoms with Crippen molar-refractivity contribution < 1.29 is 35.8 Å². The quantitative estimate of drug-likeness (QED) is 0.419. The van der Waals surface area contributed by atoms with Crippen LogP contribution in [0.15, 0.2) is 28.7 Å². The highest BCUT2D eigenvalue weighted by Crippen LogP contribution is 2.35. The minimum Gasteiger partial charge on any atom is -0.389 e. The van der Waals surface area contributed by atoms with Crippen molar-refractivity contribution >= 4 is 5.96 Å². The second kappa shape index (κ2) is 7.90. The Morgan fingerprint density at radius 3 is 2.39 bits per heavy atom. The first-order chi connectivity index (χ1) is 12.8. The van der Waals surface area contributed by atoms with E-state index in [-0.39, 0.29) is 12.0 Å². The highest BCUT2D eigenvalue weighted by molar-refractivity contribution is 5.84. The molecule has 0 radical (unpaired) electrons. The number of nitrogens with one attached hydrogen (secondary N) is 3. The smallest absolute Gasteiger partial charge is 0.389 e. The maximum Gasteiger partial charge on any atom is 0.410 e. The van der Waals surface area contributed by atoms with Crippen LogP contribution in [-0.4, -0.2) is 47.3 Å². The Balaban J connectivity index is 2.48. The van der Waals surface area contributed by atoms with Gasteiger partial charge in [-0.25, -0.2) is 9.38 Å². The lowest BCUT2D eigenvalue weighted by Gasteiger charge is -2.43. The number of alkyl halides is 6. The van der Waals surface area contributed by atoms with Crippen molar-refractivity contribution in [2.75, 3.05) is 0 Å². The lowest BCUT2D eigenvalue weighted by atomic mass is 9.86. The van der Waals surface area contributed by atoms with E-state index >= 15 is 0 Å². The normalized spacial score (nSPS) is 30.1. The van der Waals surface area contributed by atoms with Crippen molar-refractivity contribution in [3.63, 3.8) is 0 Å². The Morgan fingerprint density at radius 2 is 1.86 bits per heavy atom. The fourth-order valence-electron chi connectivity index (χ4n) is 2.90. The molecule has 0 amide bonds. The van der Waals surface area contributed by atoms with Gasteiger partial charge in [-0.05, 0) is 38.7 Å². The molecule has 1 aliphatic carbocycles. The van der Waals surface area contributed by atoms with Gasteiger partial charge >= 0.3 is 12.4 Å². The monoisotopic (exact) mass is 418 g/mol. The summed E-state index contributed by atoms with van der Waals surface area (Å²) in [5, 5.41) is 16.4. The van der Waals surface area contributed by atoms with Crippen LogP contribution in [0.3, 0.4) is 0 Å². The van der Waals surface area contributed by atoms with Crippen molar-refractivity contribution in [2.45, 2.75) is 69.3 Å². The molecule has 1 heterocycles. The van der Waals surface area contributed by atoms with Gasteiger partial charge in [-0.1, -0.05) is 6.08 Å². The van der Waals surface area contributed by atoms with Crippen molar-refractivity contribution in [1.82, 2.24) is 16.0 Å². The van der Waals surface area contributed by atoms with Crippen LogP contribution >= 0.6 is 0 Å². The molecular formula is C16H21F7N4O. The number of hydrogen-bond acceptors (Lipinski definition) is 3. The van der Waals surface area contributed by atoms with Crippen molar-refractivity contribution in [3.05, 3.63) is 23.7 Å². The molecule has 0 aromatic rings. The molecule has 1 aliphatic heterocycles. The molecule has 5 nitrogen and oxygen atoms in total. The van der Waals surface area contributed by atoms with Gasteiger partial charge in [-0.3, -0.25) is 5.32 Å². The Bertz CT molecular complexity index is 671. The summed E-state index contributed by atoms with van der Waals surface area (Å²) in [6, 6.07) is -4.39. The van der Waals surface area contributed by atoms with Crippen LogP contribution in [0.4, 0.5) is 30.7 Å². The van der Waals surface area contributed by atoms with Gasteiger partial charge in [0.25, 0.3) is 0 Å². The molecule has 28 heavy (non-hydrogen) atoms. The predicted octanol–water partition coefficient (Wildman–Crippen LogP) is 3.00. The van der Waals surface area contributed by atoms with E-state index in [0.717, 1.165) is 13.8 Å². The van der Waals surface area contributed by atoms with Crippen LogP contribution in [0.1, 0.15) is 33.1 Å². The number of hydrogen-bond donors (Lipinski definition) is 4. The molecule has 2 aliphatic rings. The van der Waals surface area contributed by atoms with Gasteiger partial charge in [-0.15, -0.1) is 0 Å². The van der Waals surface area contributed by atoms with Gasteiger partial charge in [0.1, 0.15) is 12.1 Å². The molecule has 0 spiro atoms. The molecule has 12 heteroatoms. The molecule has 2 unspecified atom stereocenters. The van der Waals surface area contributed by atoms with E-state index in [1.54, 1.807) is 0 Å². The van der Waals surface area contributed by atoms with Gasteiger partial charge in [-0.2, -0.15) is 26.3 Å². The summed E-state index contributed by atoms with van der Waals surface area (Å²) in [6.45, 7) is 1.51. The Morgan fingerprint density at radius 1 is 1.21 bits per heavy atom. The first-order valence-electron chi connectivity index (χ1n) is 8.54. The third kappa shape index (κ3) is 4.96. The van der Waals surface area contributed by atoms with Crippen molar-refractivity contribution in [3.8, 4) is 0 Å². The van der Waals surface area contributed by atoms with Gasteiger partial charge in [0, 0.05) is 6.20 Å². The van der Waals surface area contributed by atoms with Crippen LogP contribution in [0.25, 0.3) is 0 Å². The van der Waals surface area contributed by atoms with E-state index in [1.165, 1.54) is 6.08 Å². The summed E-state index contributed by atoms with van der Waals surface area (Å²) in [7, 11) is 0. The lowest BCUT2D eigenvalue weighted by molar-refractivity contribution is -0.155. The largest absolute Gasteiger partial charge is 0.410 e. The van der Waals surface area contributed by atoms with E-state index in [2.05, 4.69) is 20.9 Å². The number of rotatable bonds is 4. The van der Waals surface area contributed by atoms with Crippen LogP contribution in [0.2, 0.25) is 0 Å². The minimum atomic E-state index is -4.75. The van der Waals surface area contributed by atoms with Gasteiger partial charge in [0.05, 0.1) is 6.10 Å². The zero-order valence-corrected chi connectivity index (χ0v) is 15.0. The predicted molar refractivity (Wildman–Crippen MR) is 87.7 cm³/mol. The fourth-order valence-corrected chi connectivity index (χ4v) is 2.90. The average molecular weight is 418 g/mol. The second-order valence-electron chi connectivity index (χ2n) is 6.77. The first-order valence-corrected chi connectivity index (χ1v) is 8.54. The van der Waals surface area contributed by atoms with E-state index < -0.39 is 48.0 Å². The number of halogens is 7. The standard InChI is InChI=1S/C16H21F7N4O/c1-8(15(18,19)20)25-13-24-7-12(17)14(27-13,26-9(2)16(21,22)23)10-4-3-5-11(28)6-10/h6-9,11,26,28H,3-5H2,1-2H3,(H2,24,25,27)/t8-,9-,11?,14?/m1/s1. The number of nitrogens with zero attached hydrogens (tertiary/aromatic N) is 1. The summed E-state index contributed by atoms with van der Waals surface area (Å²) in [4.78, 5) is 3.37. The fraction of sp³-hybridized carbons (Fsp3) is 0.688. The summed E-state index contributed by atoms with van der Waals surface area (Å²) < 4.78 is 92.5. The maximum absolute atomic E-state index is 14.8. The van der Waals surface area contributed by atoms with E-state index in [0.29, 0.717) is 19.0 Å². The van der Waals surface area contributed by atoms with Crippen LogP contribution < -0.4 is 16.0 Å². The number of aliphatic imine (C=N–C) groups is 1. The number of aliphatic hydroxyl groups is 1. The highest BCUT2D eigenvalue weighted by atomic mass is 19.4. The topological polar surface area (TPSA) is 68.7 Å². The van der Waals surface area contributed by atoms with Gasteiger partial charge in [0.2, 0.25) is 0 Å². The average Bonchev–Trinajstić information content (AvgIpc) is 2.56. The maximum atomic E-state index is 14.8. The zero-order valence-electron chi connectivity index (χ0n) is 15.0. The SMILES string of the molecule is C[C@@H](N=C1NC=C(F)C(N[C@H](C)C(F)(F)F)(C2=CC(O)CCC2)N1)C(F)(F)F. The molecule has 0 saturated heterocycles. The summed E-state index contributed by atoms with van der Waals surface area (Å²) in [5.41, 5.74) is -2.24. The van der Waals surface area contributed by atoms with Crippen molar-refractivity contribution in [1.29, 1.82) is 0 Å². The molecular weight excluding hydrogens is 397 g/mol. The molecule has 4 atom stereocenters. The Hall–Kier alpha value is -1.82. The van der Waals surface area contributed by atoms with E-state index in [1.807, 2.05) is 0 Å². The lowest BCUT2D eigenvalue weighted by Crippen LogP contribution is -2.69. The molecule has 2 rings (SSSR count). The highest BCUT2D eigenvalue weighted by Gasteiger charge is 2.49. The Labute approximate surface area is 156 Å². The first kappa shape index (κ1) is 22.5. The molecule has 0 aromatic heterocycles. The molecule has 0 bridgehead atoms. The molecule has 0 fully saturated rings. The van der Waals surface area contributed by atoms with Crippen LogP contribution in [-0.2, 0) is 0 Å². The molecule has 160 valence electrons. The number of aliphatic hydroxyl groups excluding tert-OH is 1. The summed E-state index contributed by atoms with van der Waals surface area (Å²) >= 11 is 0. The minimum absolute atomic E-state index is 0.0463.